The van der Waals surface area contributed by atoms with Crippen LogP contribution in [0.25, 0.3) is 0 Å². The minimum Gasteiger partial charge on any atom is -0.454 e. The first-order valence-corrected chi connectivity index (χ1v) is 7.98. The summed E-state index contributed by atoms with van der Waals surface area (Å²) in [6.07, 6.45) is 0. The van der Waals surface area contributed by atoms with Gasteiger partial charge in [0.1, 0.15) is 12.4 Å². The second-order valence-corrected chi connectivity index (χ2v) is 5.82. The number of ether oxygens (including phenoxy) is 1. The normalized spacial score (nSPS) is 10.0. The topological polar surface area (TPSA) is 84.5 Å². The van der Waals surface area contributed by atoms with Gasteiger partial charge in [-0.25, -0.2) is 4.39 Å². The minimum atomic E-state index is -0.764. The summed E-state index contributed by atoms with van der Waals surface area (Å²) in [6, 6.07) is 11.8. The summed E-state index contributed by atoms with van der Waals surface area (Å²) in [5.74, 6) is -2.28. The number of halogens is 2. The monoisotopic (exact) mass is 408 g/mol. The molecule has 0 aromatic heterocycles. The van der Waals surface area contributed by atoms with Crippen LogP contribution >= 0.6 is 15.9 Å². The summed E-state index contributed by atoms with van der Waals surface area (Å²) in [6.45, 7) is -0.877. The molecule has 0 atom stereocenters. The van der Waals surface area contributed by atoms with Crippen LogP contribution in [0.1, 0.15) is 10.4 Å². The van der Waals surface area contributed by atoms with Gasteiger partial charge in [0.25, 0.3) is 11.8 Å². The molecule has 2 rings (SSSR count). The number of anilines is 1. The van der Waals surface area contributed by atoms with E-state index in [9.17, 15) is 18.8 Å². The molecule has 130 valence electrons. The number of rotatable bonds is 6. The maximum absolute atomic E-state index is 12.8. The zero-order valence-electron chi connectivity index (χ0n) is 12.9. The van der Waals surface area contributed by atoms with Crippen LogP contribution in [0.5, 0.6) is 0 Å². The second-order valence-electron chi connectivity index (χ2n) is 4.91. The van der Waals surface area contributed by atoms with Crippen LogP contribution in [0.2, 0.25) is 0 Å². The Morgan fingerprint density at radius 1 is 1.08 bits per heavy atom. The predicted molar refractivity (Wildman–Crippen MR) is 92.5 cm³/mol. The van der Waals surface area contributed by atoms with Crippen molar-refractivity contribution in [3.8, 4) is 0 Å². The van der Waals surface area contributed by atoms with Gasteiger partial charge in [0, 0.05) is 15.7 Å². The van der Waals surface area contributed by atoms with Crippen molar-refractivity contribution in [2.45, 2.75) is 0 Å². The van der Waals surface area contributed by atoms with E-state index in [1.807, 2.05) is 0 Å². The lowest BCUT2D eigenvalue weighted by Crippen LogP contribution is -2.32. The number of hydrogen-bond donors (Lipinski definition) is 2. The lowest BCUT2D eigenvalue weighted by atomic mass is 10.2. The predicted octanol–water partition coefficient (Wildman–Crippen LogP) is 2.50. The Kier molecular flexibility index (Phi) is 6.64. The van der Waals surface area contributed by atoms with Crippen molar-refractivity contribution in [3.05, 3.63) is 64.4 Å². The van der Waals surface area contributed by atoms with Crippen molar-refractivity contribution in [3.63, 3.8) is 0 Å². The first-order chi connectivity index (χ1) is 11.9. The molecule has 25 heavy (non-hydrogen) atoms. The summed E-state index contributed by atoms with van der Waals surface area (Å²) in [7, 11) is 0. The van der Waals surface area contributed by atoms with Gasteiger partial charge in [-0.2, -0.15) is 0 Å². The van der Waals surface area contributed by atoms with E-state index in [2.05, 4.69) is 26.6 Å². The summed E-state index contributed by atoms with van der Waals surface area (Å²) in [4.78, 5) is 35.0. The largest absolute Gasteiger partial charge is 0.454 e. The van der Waals surface area contributed by atoms with E-state index in [-0.39, 0.29) is 5.56 Å². The maximum Gasteiger partial charge on any atom is 0.325 e. The molecule has 0 unspecified atom stereocenters. The van der Waals surface area contributed by atoms with Crippen LogP contribution in [-0.4, -0.2) is 30.9 Å². The molecular weight excluding hydrogens is 395 g/mol. The van der Waals surface area contributed by atoms with Crippen molar-refractivity contribution in [2.24, 2.45) is 0 Å². The van der Waals surface area contributed by atoms with Crippen LogP contribution in [-0.2, 0) is 14.3 Å². The molecular formula is C17H14BrFN2O4. The second kappa shape index (κ2) is 8.93. The molecule has 0 saturated carbocycles. The zero-order chi connectivity index (χ0) is 18.2. The van der Waals surface area contributed by atoms with Gasteiger partial charge in [0.05, 0.1) is 0 Å². The molecule has 0 bridgehead atoms. The standard InChI is InChI=1S/C17H14BrFN2O4/c18-12-2-1-3-14(8-12)21-15(22)10-25-16(23)9-20-17(24)11-4-6-13(19)7-5-11/h1-8H,9-10H2,(H,20,24)(H,21,22). The van der Waals surface area contributed by atoms with E-state index in [1.165, 1.54) is 12.1 Å². The molecule has 2 amide bonds. The molecule has 6 nitrogen and oxygen atoms in total. The van der Waals surface area contributed by atoms with Crippen LogP contribution in [0.4, 0.5) is 10.1 Å². The van der Waals surface area contributed by atoms with Crippen molar-refractivity contribution in [1.29, 1.82) is 0 Å². The van der Waals surface area contributed by atoms with Gasteiger partial charge in [-0.1, -0.05) is 22.0 Å². The van der Waals surface area contributed by atoms with Crippen molar-refractivity contribution in [2.75, 3.05) is 18.5 Å². The third kappa shape index (κ3) is 6.34. The van der Waals surface area contributed by atoms with Crippen LogP contribution in [0.3, 0.4) is 0 Å². The van der Waals surface area contributed by atoms with Crippen molar-refractivity contribution < 1.29 is 23.5 Å². The van der Waals surface area contributed by atoms with Gasteiger partial charge in [-0.3, -0.25) is 14.4 Å². The number of esters is 1. The van der Waals surface area contributed by atoms with Crippen molar-refractivity contribution in [1.82, 2.24) is 5.32 Å². The van der Waals surface area contributed by atoms with E-state index < -0.39 is 36.8 Å². The van der Waals surface area contributed by atoms with Gasteiger partial charge in [-0.15, -0.1) is 0 Å². The molecule has 0 heterocycles. The number of hydrogen-bond acceptors (Lipinski definition) is 4. The van der Waals surface area contributed by atoms with Crippen molar-refractivity contribution >= 4 is 39.4 Å². The number of benzene rings is 2. The molecule has 2 aromatic carbocycles. The molecule has 8 heteroatoms. The average Bonchev–Trinajstić information content (AvgIpc) is 2.58. The SMILES string of the molecule is O=C(COC(=O)CNC(=O)c1ccc(F)cc1)Nc1cccc(Br)c1. The lowest BCUT2D eigenvalue weighted by molar-refractivity contribution is -0.146. The van der Waals surface area contributed by atoms with E-state index in [0.29, 0.717) is 5.69 Å². The smallest absolute Gasteiger partial charge is 0.325 e. The summed E-state index contributed by atoms with van der Waals surface area (Å²) < 4.78 is 18.3. The van der Waals surface area contributed by atoms with E-state index in [4.69, 9.17) is 4.74 Å². The number of amides is 2. The molecule has 2 N–H and O–H groups in total. The fraction of sp³-hybridized carbons (Fsp3) is 0.118. The highest BCUT2D eigenvalue weighted by atomic mass is 79.9. The number of carbonyl (C=O) groups is 3. The zero-order valence-corrected chi connectivity index (χ0v) is 14.5. The Balaban J connectivity index is 1.72. The highest BCUT2D eigenvalue weighted by Crippen LogP contribution is 2.15. The summed E-state index contributed by atoms with van der Waals surface area (Å²) in [5.41, 5.74) is 0.765. The molecule has 0 radical (unpaired) electrons. The highest BCUT2D eigenvalue weighted by molar-refractivity contribution is 9.10. The Morgan fingerprint density at radius 3 is 2.48 bits per heavy atom. The minimum absolute atomic E-state index is 0.210. The fourth-order valence-electron chi connectivity index (χ4n) is 1.82. The van der Waals surface area contributed by atoms with Gasteiger partial charge in [0.15, 0.2) is 6.61 Å². The van der Waals surface area contributed by atoms with Gasteiger partial charge in [0.2, 0.25) is 0 Å². The summed E-state index contributed by atoms with van der Waals surface area (Å²) in [5, 5.41) is 4.89. The molecule has 2 aromatic rings. The summed E-state index contributed by atoms with van der Waals surface area (Å²) >= 11 is 3.27. The third-order valence-corrected chi connectivity index (χ3v) is 3.47. The lowest BCUT2D eigenvalue weighted by Gasteiger charge is -2.08. The first-order valence-electron chi connectivity index (χ1n) is 7.19. The van der Waals surface area contributed by atoms with Gasteiger partial charge < -0.3 is 15.4 Å². The van der Waals surface area contributed by atoms with Gasteiger partial charge in [-0.05, 0) is 42.5 Å². The van der Waals surface area contributed by atoms with Crippen LogP contribution < -0.4 is 10.6 Å². The molecule has 0 aliphatic carbocycles. The Bertz CT molecular complexity index is 780. The molecule has 0 aliphatic rings. The molecule has 0 aliphatic heterocycles. The Morgan fingerprint density at radius 2 is 1.80 bits per heavy atom. The molecule has 0 fully saturated rings. The van der Waals surface area contributed by atoms with E-state index >= 15 is 0 Å². The van der Waals surface area contributed by atoms with Gasteiger partial charge >= 0.3 is 5.97 Å². The fourth-order valence-corrected chi connectivity index (χ4v) is 2.22. The Hall–Kier alpha value is -2.74. The van der Waals surface area contributed by atoms with E-state index in [1.54, 1.807) is 24.3 Å². The average molecular weight is 409 g/mol. The van der Waals surface area contributed by atoms with Crippen LogP contribution in [0.15, 0.2) is 53.0 Å². The Labute approximate surface area is 151 Å². The maximum atomic E-state index is 12.8. The quantitative estimate of drug-likeness (QED) is 0.719. The number of nitrogens with one attached hydrogen (secondary N) is 2. The number of carbonyl (C=O) groups excluding carboxylic acids is 3. The highest BCUT2D eigenvalue weighted by Gasteiger charge is 2.11. The molecule has 0 saturated heterocycles. The van der Waals surface area contributed by atoms with Crippen LogP contribution in [0, 0.1) is 5.82 Å². The first kappa shape index (κ1) is 18.6. The van der Waals surface area contributed by atoms with E-state index in [0.717, 1.165) is 16.6 Å². The third-order valence-electron chi connectivity index (χ3n) is 2.97. The molecule has 0 spiro atoms.